The summed E-state index contributed by atoms with van der Waals surface area (Å²) in [6.45, 7) is 5.95. The first-order chi connectivity index (χ1) is 12.2. The minimum absolute atomic E-state index is 0.0829. The summed E-state index contributed by atoms with van der Waals surface area (Å²) in [6, 6.07) is 7.82. The van der Waals surface area contributed by atoms with Gasteiger partial charge in [0.05, 0.1) is 23.2 Å². The number of nitrogens with one attached hydrogen (secondary N) is 1. The fourth-order valence-corrected chi connectivity index (χ4v) is 5.13. The van der Waals surface area contributed by atoms with Gasteiger partial charge in [-0.2, -0.15) is 5.10 Å². The van der Waals surface area contributed by atoms with Crippen molar-refractivity contribution in [2.24, 2.45) is 0 Å². The summed E-state index contributed by atoms with van der Waals surface area (Å²) in [7, 11) is -3.01. The van der Waals surface area contributed by atoms with Crippen molar-refractivity contribution in [1.82, 2.24) is 9.78 Å². The molecule has 140 valence electrons. The molecule has 1 fully saturated rings. The number of aromatic nitrogens is 2. The lowest BCUT2D eigenvalue weighted by atomic mass is 10.0. The lowest BCUT2D eigenvalue weighted by Crippen LogP contribution is -2.19. The van der Waals surface area contributed by atoms with Crippen molar-refractivity contribution in [2.75, 3.05) is 16.8 Å². The predicted octanol–water partition coefficient (Wildman–Crippen LogP) is 2.74. The van der Waals surface area contributed by atoms with Crippen LogP contribution in [0.2, 0.25) is 0 Å². The van der Waals surface area contributed by atoms with Gasteiger partial charge >= 0.3 is 0 Å². The number of hydrogen-bond donors (Lipinski definition) is 1. The van der Waals surface area contributed by atoms with Crippen LogP contribution in [-0.2, 0) is 21.1 Å². The van der Waals surface area contributed by atoms with E-state index in [4.69, 9.17) is 0 Å². The molecule has 1 atom stereocenters. The summed E-state index contributed by atoms with van der Waals surface area (Å²) >= 11 is 0. The van der Waals surface area contributed by atoms with E-state index in [1.54, 1.807) is 10.7 Å². The number of aryl methyl sites for hydroxylation is 4. The van der Waals surface area contributed by atoms with E-state index in [-0.39, 0.29) is 23.5 Å². The summed E-state index contributed by atoms with van der Waals surface area (Å²) in [4.78, 5) is 12.4. The first kappa shape index (κ1) is 18.6. The van der Waals surface area contributed by atoms with Crippen LogP contribution in [0.4, 0.5) is 5.82 Å². The Morgan fingerprint density at radius 1 is 1.27 bits per heavy atom. The van der Waals surface area contributed by atoms with Crippen molar-refractivity contribution in [2.45, 2.75) is 46.1 Å². The molecule has 1 amide bonds. The molecular formula is C19H25N3O3S. The van der Waals surface area contributed by atoms with Gasteiger partial charge < -0.3 is 5.32 Å². The summed E-state index contributed by atoms with van der Waals surface area (Å²) in [6.07, 6.45) is 1.58. The summed E-state index contributed by atoms with van der Waals surface area (Å²) < 4.78 is 25.1. The number of amides is 1. The first-order valence-electron chi connectivity index (χ1n) is 8.86. The highest BCUT2D eigenvalue weighted by molar-refractivity contribution is 7.91. The van der Waals surface area contributed by atoms with E-state index in [1.165, 1.54) is 11.1 Å². The lowest BCUT2D eigenvalue weighted by molar-refractivity contribution is -0.116. The molecule has 1 saturated heterocycles. The van der Waals surface area contributed by atoms with Crippen LogP contribution in [0.25, 0.3) is 0 Å². The molecule has 2 aromatic rings. The van der Waals surface area contributed by atoms with E-state index in [0.717, 1.165) is 11.3 Å². The second-order valence-electron chi connectivity index (χ2n) is 7.15. The van der Waals surface area contributed by atoms with Gasteiger partial charge in [0.1, 0.15) is 5.82 Å². The van der Waals surface area contributed by atoms with Crippen molar-refractivity contribution in [3.63, 3.8) is 0 Å². The van der Waals surface area contributed by atoms with Crippen LogP contribution in [0.15, 0.2) is 24.3 Å². The van der Waals surface area contributed by atoms with Gasteiger partial charge in [-0.25, -0.2) is 13.1 Å². The largest absolute Gasteiger partial charge is 0.311 e. The Kier molecular flexibility index (Phi) is 5.18. The molecule has 1 aromatic carbocycles. The third kappa shape index (κ3) is 4.33. The molecule has 0 aliphatic carbocycles. The molecule has 1 aromatic heterocycles. The van der Waals surface area contributed by atoms with E-state index < -0.39 is 9.84 Å². The normalized spacial score (nSPS) is 18.8. The second kappa shape index (κ2) is 7.23. The maximum atomic E-state index is 12.4. The highest BCUT2D eigenvalue weighted by Crippen LogP contribution is 2.27. The maximum Gasteiger partial charge on any atom is 0.225 e. The standard InChI is InChI=1S/C19H25N3O3S/c1-13-4-5-16(14(2)10-13)6-7-19(23)20-18-11-15(3)21-22(18)17-8-9-26(24,25)12-17/h4-5,10-11,17H,6-9,12H2,1-3H3,(H,20,23). The third-order valence-corrected chi connectivity index (χ3v) is 6.55. The number of nitrogens with zero attached hydrogens (tertiary/aromatic N) is 2. The third-order valence-electron chi connectivity index (χ3n) is 4.80. The van der Waals surface area contributed by atoms with Crippen LogP contribution in [0.1, 0.15) is 41.3 Å². The van der Waals surface area contributed by atoms with Gasteiger partial charge in [-0.05, 0) is 44.7 Å². The second-order valence-corrected chi connectivity index (χ2v) is 9.38. The number of sulfone groups is 1. The molecule has 1 N–H and O–H groups in total. The molecule has 0 bridgehead atoms. The highest BCUT2D eigenvalue weighted by Gasteiger charge is 2.31. The maximum absolute atomic E-state index is 12.4. The topological polar surface area (TPSA) is 81.1 Å². The monoisotopic (exact) mass is 375 g/mol. The molecular weight excluding hydrogens is 350 g/mol. The van der Waals surface area contributed by atoms with Gasteiger partial charge in [0, 0.05) is 12.5 Å². The molecule has 3 rings (SSSR count). The molecule has 1 unspecified atom stereocenters. The van der Waals surface area contributed by atoms with E-state index >= 15 is 0 Å². The van der Waals surface area contributed by atoms with Gasteiger partial charge in [-0.3, -0.25) is 4.79 Å². The number of anilines is 1. The van der Waals surface area contributed by atoms with Crippen molar-refractivity contribution in [3.8, 4) is 0 Å². The molecule has 0 saturated carbocycles. The zero-order chi connectivity index (χ0) is 18.9. The number of carbonyl (C=O) groups excluding carboxylic acids is 1. The average molecular weight is 375 g/mol. The van der Waals surface area contributed by atoms with E-state index in [9.17, 15) is 13.2 Å². The Morgan fingerprint density at radius 2 is 2.04 bits per heavy atom. The van der Waals surface area contributed by atoms with Gasteiger partial charge in [-0.1, -0.05) is 23.8 Å². The van der Waals surface area contributed by atoms with E-state index in [1.807, 2.05) is 6.92 Å². The summed E-state index contributed by atoms with van der Waals surface area (Å²) in [5, 5.41) is 7.29. The van der Waals surface area contributed by atoms with Crippen LogP contribution in [0, 0.1) is 20.8 Å². The zero-order valence-electron chi connectivity index (χ0n) is 15.4. The quantitative estimate of drug-likeness (QED) is 0.871. The molecule has 0 radical (unpaired) electrons. The minimum atomic E-state index is -3.01. The fourth-order valence-electron chi connectivity index (χ4n) is 3.44. The zero-order valence-corrected chi connectivity index (χ0v) is 16.3. The molecule has 1 aliphatic heterocycles. The number of benzene rings is 1. The predicted molar refractivity (Wildman–Crippen MR) is 102 cm³/mol. The van der Waals surface area contributed by atoms with Crippen LogP contribution in [0.5, 0.6) is 0 Å². The molecule has 26 heavy (non-hydrogen) atoms. The lowest BCUT2D eigenvalue weighted by Gasteiger charge is -2.14. The minimum Gasteiger partial charge on any atom is -0.311 e. The smallest absolute Gasteiger partial charge is 0.225 e. The Morgan fingerprint density at radius 3 is 2.69 bits per heavy atom. The molecule has 1 aliphatic rings. The SMILES string of the molecule is Cc1ccc(CCC(=O)Nc2cc(C)nn2C2CCS(=O)(=O)C2)c(C)c1. The Balaban J connectivity index is 1.66. The van der Waals surface area contributed by atoms with Crippen molar-refractivity contribution >= 4 is 21.6 Å². The van der Waals surface area contributed by atoms with Crippen LogP contribution >= 0.6 is 0 Å². The number of rotatable bonds is 5. The molecule has 6 nitrogen and oxygen atoms in total. The Labute approximate surface area is 154 Å². The average Bonchev–Trinajstić information content (AvgIpc) is 3.08. The van der Waals surface area contributed by atoms with Gasteiger partial charge in [0.2, 0.25) is 5.91 Å². The van der Waals surface area contributed by atoms with Gasteiger partial charge in [0.15, 0.2) is 9.84 Å². The van der Waals surface area contributed by atoms with Crippen LogP contribution in [-0.4, -0.2) is 35.6 Å². The Hall–Kier alpha value is -2.15. The van der Waals surface area contributed by atoms with Crippen LogP contribution in [0.3, 0.4) is 0 Å². The van der Waals surface area contributed by atoms with E-state index in [0.29, 0.717) is 25.1 Å². The summed E-state index contributed by atoms with van der Waals surface area (Å²) in [5.74, 6) is 0.748. The van der Waals surface area contributed by atoms with Crippen molar-refractivity contribution < 1.29 is 13.2 Å². The highest BCUT2D eigenvalue weighted by atomic mass is 32.2. The van der Waals surface area contributed by atoms with Crippen molar-refractivity contribution in [1.29, 1.82) is 0 Å². The number of hydrogen-bond acceptors (Lipinski definition) is 4. The van der Waals surface area contributed by atoms with Gasteiger partial charge in [-0.15, -0.1) is 0 Å². The fraction of sp³-hybridized carbons (Fsp3) is 0.474. The molecule has 0 spiro atoms. The molecule has 2 heterocycles. The van der Waals surface area contributed by atoms with Crippen LogP contribution < -0.4 is 5.32 Å². The van der Waals surface area contributed by atoms with Gasteiger partial charge in [0.25, 0.3) is 0 Å². The van der Waals surface area contributed by atoms with E-state index in [2.05, 4.69) is 42.5 Å². The van der Waals surface area contributed by atoms with Crippen molar-refractivity contribution in [3.05, 3.63) is 46.6 Å². The summed E-state index contributed by atoms with van der Waals surface area (Å²) in [5.41, 5.74) is 4.33. The number of carbonyl (C=O) groups is 1. The first-order valence-corrected chi connectivity index (χ1v) is 10.7. The Bertz CT molecular complexity index is 932. The molecule has 7 heteroatoms.